The van der Waals surface area contributed by atoms with Gasteiger partial charge >= 0.3 is 0 Å². The summed E-state index contributed by atoms with van der Waals surface area (Å²) in [6, 6.07) is 3.85. The van der Waals surface area contributed by atoms with Gasteiger partial charge in [0.2, 0.25) is 5.91 Å². The number of fused-ring (bicyclic) bond motifs is 1. The number of rotatable bonds is 5. The summed E-state index contributed by atoms with van der Waals surface area (Å²) in [5, 5.41) is 6.24. The first-order valence-corrected chi connectivity index (χ1v) is 7.41. The maximum Gasteiger partial charge on any atom is 0.228 e. The molecule has 0 atom stereocenters. The molecule has 1 fully saturated rings. The van der Waals surface area contributed by atoms with Crippen LogP contribution < -0.4 is 16.4 Å². The average Bonchev–Trinajstić information content (AvgIpc) is 3.03. The molecule has 0 aromatic heterocycles. The summed E-state index contributed by atoms with van der Waals surface area (Å²) in [5.74, 6) is 0.0468. The summed E-state index contributed by atoms with van der Waals surface area (Å²) >= 11 is 0. The number of nitrogens with one attached hydrogen (secondary N) is 2. The van der Waals surface area contributed by atoms with E-state index < -0.39 is 0 Å². The van der Waals surface area contributed by atoms with Gasteiger partial charge in [-0.05, 0) is 56.6 Å². The number of carbonyl (C=O) groups excluding carboxylic acids is 1. The van der Waals surface area contributed by atoms with Crippen LogP contribution in [0.5, 0.6) is 0 Å². The molecule has 1 saturated heterocycles. The Labute approximate surface area is 119 Å². The van der Waals surface area contributed by atoms with Gasteiger partial charge in [0.05, 0.1) is 17.8 Å². The van der Waals surface area contributed by atoms with Crippen LogP contribution in [0.1, 0.15) is 24.8 Å². The van der Waals surface area contributed by atoms with Crippen molar-refractivity contribution < 1.29 is 4.79 Å². The second-order valence-electron chi connectivity index (χ2n) is 5.65. The van der Waals surface area contributed by atoms with Crippen molar-refractivity contribution >= 4 is 23.0 Å². The van der Waals surface area contributed by atoms with Gasteiger partial charge in [-0.2, -0.15) is 0 Å². The predicted octanol–water partition coefficient (Wildman–Crippen LogP) is 1.66. The van der Waals surface area contributed by atoms with Crippen molar-refractivity contribution in [2.75, 3.05) is 42.5 Å². The van der Waals surface area contributed by atoms with E-state index in [1.807, 2.05) is 12.1 Å². The number of carbonyl (C=O) groups is 1. The molecule has 2 aliphatic heterocycles. The third kappa shape index (κ3) is 2.88. The Morgan fingerprint density at radius 3 is 2.90 bits per heavy atom. The van der Waals surface area contributed by atoms with Crippen LogP contribution >= 0.6 is 0 Å². The van der Waals surface area contributed by atoms with E-state index in [2.05, 4.69) is 15.5 Å². The Morgan fingerprint density at radius 1 is 1.30 bits per heavy atom. The van der Waals surface area contributed by atoms with Gasteiger partial charge in [-0.3, -0.25) is 4.79 Å². The highest BCUT2D eigenvalue weighted by molar-refractivity contribution is 6.00. The van der Waals surface area contributed by atoms with Gasteiger partial charge in [0, 0.05) is 12.2 Å². The molecule has 0 unspecified atom stereocenters. The lowest BCUT2D eigenvalue weighted by molar-refractivity contribution is -0.115. The van der Waals surface area contributed by atoms with Crippen LogP contribution in [0.15, 0.2) is 12.1 Å². The van der Waals surface area contributed by atoms with E-state index in [1.54, 1.807) is 0 Å². The number of anilines is 3. The molecule has 20 heavy (non-hydrogen) atoms. The minimum absolute atomic E-state index is 0.0468. The van der Waals surface area contributed by atoms with Gasteiger partial charge in [-0.25, -0.2) is 0 Å². The summed E-state index contributed by atoms with van der Waals surface area (Å²) in [5.41, 5.74) is 9.57. The topological polar surface area (TPSA) is 70.4 Å². The van der Waals surface area contributed by atoms with E-state index >= 15 is 0 Å². The smallest absolute Gasteiger partial charge is 0.228 e. The maximum atomic E-state index is 11.4. The predicted molar refractivity (Wildman–Crippen MR) is 82.0 cm³/mol. The van der Waals surface area contributed by atoms with Crippen LogP contribution in [0.3, 0.4) is 0 Å². The molecule has 0 spiro atoms. The zero-order chi connectivity index (χ0) is 13.9. The molecular weight excluding hydrogens is 252 g/mol. The third-order valence-electron chi connectivity index (χ3n) is 4.07. The number of likely N-dealkylation sites (tertiary alicyclic amines) is 1. The zero-order valence-corrected chi connectivity index (χ0v) is 11.7. The highest BCUT2D eigenvalue weighted by Crippen LogP contribution is 2.31. The number of nitrogen functional groups attached to an aromatic ring is 1. The number of hydrogen-bond donors (Lipinski definition) is 3. The average molecular weight is 274 g/mol. The van der Waals surface area contributed by atoms with Gasteiger partial charge in [-0.1, -0.05) is 0 Å². The second kappa shape index (κ2) is 5.71. The second-order valence-corrected chi connectivity index (χ2v) is 5.65. The molecule has 0 aliphatic carbocycles. The molecule has 2 heterocycles. The van der Waals surface area contributed by atoms with Crippen molar-refractivity contribution in [2.45, 2.75) is 25.7 Å². The Morgan fingerprint density at radius 2 is 2.10 bits per heavy atom. The van der Waals surface area contributed by atoms with E-state index in [0.717, 1.165) is 42.1 Å². The lowest BCUT2D eigenvalue weighted by Crippen LogP contribution is -2.22. The molecular formula is C15H22N4O. The number of benzene rings is 1. The molecule has 1 aromatic carbocycles. The number of amides is 1. The molecule has 108 valence electrons. The summed E-state index contributed by atoms with van der Waals surface area (Å²) in [4.78, 5) is 13.9. The molecule has 0 saturated carbocycles. The standard InChI is InChI=1S/C15H22N4O/c16-12-8-11-9-15(20)18-13(11)10-14(12)17-4-3-7-19-5-1-2-6-19/h8,10,17H,1-7,9,16H2,(H,18,20). The third-order valence-corrected chi connectivity index (χ3v) is 4.07. The Kier molecular flexibility index (Phi) is 3.78. The van der Waals surface area contributed by atoms with E-state index in [1.165, 1.54) is 25.9 Å². The molecule has 2 aliphatic rings. The van der Waals surface area contributed by atoms with Gasteiger partial charge in [0.15, 0.2) is 0 Å². The summed E-state index contributed by atoms with van der Waals surface area (Å²) in [6.07, 6.45) is 4.23. The fourth-order valence-corrected chi connectivity index (χ4v) is 2.98. The monoisotopic (exact) mass is 274 g/mol. The minimum atomic E-state index is 0.0468. The van der Waals surface area contributed by atoms with E-state index in [0.29, 0.717) is 6.42 Å². The van der Waals surface area contributed by atoms with E-state index in [-0.39, 0.29) is 5.91 Å². The quantitative estimate of drug-likeness (QED) is 0.564. The number of hydrogen-bond acceptors (Lipinski definition) is 4. The molecule has 5 nitrogen and oxygen atoms in total. The summed E-state index contributed by atoms with van der Waals surface area (Å²) in [6.45, 7) is 4.54. The highest BCUT2D eigenvalue weighted by atomic mass is 16.1. The molecule has 1 aromatic rings. The van der Waals surface area contributed by atoms with E-state index in [4.69, 9.17) is 5.73 Å². The summed E-state index contributed by atoms with van der Waals surface area (Å²) in [7, 11) is 0. The Balaban J connectivity index is 1.52. The summed E-state index contributed by atoms with van der Waals surface area (Å²) < 4.78 is 0. The van der Waals surface area contributed by atoms with Gasteiger partial charge in [-0.15, -0.1) is 0 Å². The number of nitrogens with two attached hydrogens (primary N) is 1. The van der Waals surface area contributed by atoms with Crippen LogP contribution in [-0.2, 0) is 11.2 Å². The molecule has 4 N–H and O–H groups in total. The van der Waals surface area contributed by atoms with E-state index in [9.17, 15) is 4.79 Å². The highest BCUT2D eigenvalue weighted by Gasteiger charge is 2.19. The minimum Gasteiger partial charge on any atom is -0.397 e. The van der Waals surface area contributed by atoms with Crippen LogP contribution in [0, 0.1) is 0 Å². The van der Waals surface area contributed by atoms with Gasteiger partial charge in [0.25, 0.3) is 0 Å². The first kappa shape index (κ1) is 13.2. The molecule has 3 rings (SSSR count). The Hall–Kier alpha value is -1.75. The van der Waals surface area contributed by atoms with Crippen LogP contribution in [0.4, 0.5) is 17.1 Å². The van der Waals surface area contributed by atoms with Crippen LogP contribution in [0.2, 0.25) is 0 Å². The number of nitrogens with zero attached hydrogens (tertiary/aromatic N) is 1. The molecule has 0 radical (unpaired) electrons. The van der Waals surface area contributed by atoms with Crippen LogP contribution in [0.25, 0.3) is 0 Å². The first-order chi connectivity index (χ1) is 9.72. The lowest BCUT2D eigenvalue weighted by Gasteiger charge is -2.15. The first-order valence-electron chi connectivity index (χ1n) is 7.41. The molecule has 0 bridgehead atoms. The lowest BCUT2D eigenvalue weighted by atomic mass is 10.1. The van der Waals surface area contributed by atoms with Crippen molar-refractivity contribution in [2.24, 2.45) is 0 Å². The van der Waals surface area contributed by atoms with Crippen molar-refractivity contribution in [3.8, 4) is 0 Å². The normalized spacial score (nSPS) is 18.1. The van der Waals surface area contributed by atoms with Crippen LogP contribution in [-0.4, -0.2) is 37.0 Å². The SMILES string of the molecule is Nc1cc2c(cc1NCCCN1CCCC1)NC(=O)C2. The van der Waals surface area contributed by atoms with Gasteiger partial charge < -0.3 is 21.3 Å². The largest absolute Gasteiger partial charge is 0.397 e. The van der Waals surface area contributed by atoms with Crippen molar-refractivity contribution in [3.05, 3.63) is 17.7 Å². The van der Waals surface area contributed by atoms with Crippen molar-refractivity contribution in [1.82, 2.24) is 4.90 Å². The van der Waals surface area contributed by atoms with Gasteiger partial charge in [0.1, 0.15) is 0 Å². The molecule has 5 heteroatoms. The fraction of sp³-hybridized carbons (Fsp3) is 0.533. The van der Waals surface area contributed by atoms with Crippen molar-refractivity contribution in [3.63, 3.8) is 0 Å². The maximum absolute atomic E-state index is 11.4. The fourth-order valence-electron chi connectivity index (χ4n) is 2.98. The Bertz CT molecular complexity index is 509. The molecule has 1 amide bonds. The zero-order valence-electron chi connectivity index (χ0n) is 11.7. The van der Waals surface area contributed by atoms with Crippen molar-refractivity contribution in [1.29, 1.82) is 0 Å².